The van der Waals surface area contributed by atoms with Gasteiger partial charge in [0, 0.05) is 6.42 Å². The van der Waals surface area contributed by atoms with E-state index in [2.05, 4.69) is 31.8 Å². The molecular weight excluding hydrogens is 426 g/mol. The van der Waals surface area contributed by atoms with E-state index in [-0.39, 0.29) is 6.61 Å². The smallest absolute Gasteiger partial charge is 0.407 e. The molecule has 0 radical (unpaired) electrons. The molecule has 0 unspecified atom stereocenters. The Morgan fingerprint density at radius 2 is 1.96 bits per heavy atom. The summed E-state index contributed by atoms with van der Waals surface area (Å²) in [6.07, 6.45) is 1.17. The molecule has 28 heavy (non-hydrogen) atoms. The predicted octanol–water partition coefficient (Wildman–Crippen LogP) is 3.27. The highest BCUT2D eigenvalue weighted by atomic mass is 79.9. The number of amides is 2. The van der Waals surface area contributed by atoms with Gasteiger partial charge in [-0.2, -0.15) is 5.10 Å². The summed E-state index contributed by atoms with van der Waals surface area (Å²) in [4.78, 5) is 24.3. The second kappa shape index (κ2) is 11.1. The largest absolute Gasteiger partial charge is 0.496 e. The molecule has 0 fully saturated rings. The zero-order valence-electron chi connectivity index (χ0n) is 15.6. The van der Waals surface area contributed by atoms with Crippen molar-refractivity contribution in [3.05, 3.63) is 64.1 Å². The van der Waals surface area contributed by atoms with E-state index in [9.17, 15) is 9.59 Å². The van der Waals surface area contributed by atoms with Gasteiger partial charge >= 0.3 is 6.09 Å². The second-order valence-corrected chi connectivity index (χ2v) is 6.59. The van der Waals surface area contributed by atoms with Gasteiger partial charge in [0.25, 0.3) is 5.91 Å². The first-order valence-electron chi connectivity index (χ1n) is 8.67. The Labute approximate surface area is 172 Å². The van der Waals surface area contributed by atoms with E-state index in [0.29, 0.717) is 12.2 Å². The molecule has 0 aromatic heterocycles. The van der Waals surface area contributed by atoms with Gasteiger partial charge in [-0.1, -0.05) is 30.3 Å². The molecule has 2 N–H and O–H groups in total. The molecule has 148 valence electrons. The molecule has 2 aromatic rings. The van der Waals surface area contributed by atoms with Crippen LogP contribution in [0.1, 0.15) is 18.1 Å². The monoisotopic (exact) mass is 447 g/mol. The maximum Gasteiger partial charge on any atom is 0.407 e. The van der Waals surface area contributed by atoms with Crippen molar-refractivity contribution in [1.29, 1.82) is 0 Å². The molecule has 0 saturated carbocycles. The number of carbonyl (C=O) groups is 2. The van der Waals surface area contributed by atoms with Gasteiger partial charge < -0.3 is 14.8 Å². The van der Waals surface area contributed by atoms with Crippen molar-refractivity contribution < 1.29 is 19.1 Å². The topological polar surface area (TPSA) is 89.0 Å². The Morgan fingerprint density at radius 3 is 2.61 bits per heavy atom. The Hall–Kier alpha value is -2.87. The summed E-state index contributed by atoms with van der Waals surface area (Å²) in [5.41, 5.74) is 4.14. The van der Waals surface area contributed by atoms with Crippen LogP contribution in [-0.4, -0.2) is 38.0 Å². The summed E-state index contributed by atoms with van der Waals surface area (Å²) < 4.78 is 10.8. The first-order valence-corrected chi connectivity index (χ1v) is 9.46. The maximum absolute atomic E-state index is 12.5. The minimum Gasteiger partial charge on any atom is -0.496 e. The first-order chi connectivity index (χ1) is 13.5. The van der Waals surface area contributed by atoms with Crippen molar-refractivity contribution in [3.63, 3.8) is 0 Å². The number of nitrogens with zero attached hydrogens (tertiary/aromatic N) is 1. The third-order valence-corrected chi connectivity index (χ3v) is 4.35. The summed E-state index contributed by atoms with van der Waals surface area (Å²) in [5.74, 6) is 0.253. The van der Waals surface area contributed by atoms with Gasteiger partial charge in [0.1, 0.15) is 11.8 Å². The second-order valence-electron chi connectivity index (χ2n) is 5.74. The SMILES string of the molecule is CCOC(=O)N[C@H](Cc1ccccc1)C(=O)N/N=C\c1ccc(OC)c(Br)c1. The molecule has 0 bridgehead atoms. The molecule has 2 rings (SSSR count). The quantitative estimate of drug-likeness (QED) is 0.479. The van der Waals surface area contributed by atoms with E-state index < -0.39 is 18.0 Å². The van der Waals surface area contributed by atoms with Crippen molar-refractivity contribution in [2.75, 3.05) is 13.7 Å². The van der Waals surface area contributed by atoms with E-state index >= 15 is 0 Å². The fourth-order valence-electron chi connectivity index (χ4n) is 2.39. The molecular formula is C20H22BrN3O4. The number of methoxy groups -OCH3 is 1. The number of halogens is 1. The fourth-order valence-corrected chi connectivity index (χ4v) is 2.94. The zero-order valence-corrected chi connectivity index (χ0v) is 17.2. The molecule has 0 aliphatic heterocycles. The highest BCUT2D eigenvalue weighted by molar-refractivity contribution is 9.10. The van der Waals surface area contributed by atoms with E-state index in [1.165, 1.54) is 6.21 Å². The van der Waals surface area contributed by atoms with Crippen LogP contribution in [0.2, 0.25) is 0 Å². The van der Waals surface area contributed by atoms with Gasteiger partial charge in [0.2, 0.25) is 0 Å². The van der Waals surface area contributed by atoms with Crippen LogP contribution in [0.3, 0.4) is 0 Å². The van der Waals surface area contributed by atoms with E-state index in [1.807, 2.05) is 36.4 Å². The van der Waals surface area contributed by atoms with Crippen LogP contribution < -0.4 is 15.5 Å². The number of carbonyl (C=O) groups excluding carboxylic acids is 2. The maximum atomic E-state index is 12.5. The van der Waals surface area contributed by atoms with Crippen LogP contribution in [0.15, 0.2) is 58.1 Å². The molecule has 0 spiro atoms. The Bertz CT molecular complexity index is 827. The van der Waals surface area contributed by atoms with E-state index in [0.717, 1.165) is 15.6 Å². The summed E-state index contributed by atoms with van der Waals surface area (Å²) in [6, 6.07) is 14.0. The summed E-state index contributed by atoms with van der Waals surface area (Å²) in [5, 5.41) is 6.54. The van der Waals surface area contributed by atoms with Crippen LogP contribution in [-0.2, 0) is 16.0 Å². The summed E-state index contributed by atoms with van der Waals surface area (Å²) in [6.45, 7) is 1.92. The number of rotatable bonds is 8. The van der Waals surface area contributed by atoms with Gasteiger partial charge in [-0.15, -0.1) is 0 Å². The minimum absolute atomic E-state index is 0.218. The number of hydrazone groups is 1. The van der Waals surface area contributed by atoms with Gasteiger partial charge in [-0.3, -0.25) is 4.79 Å². The number of benzene rings is 2. The standard InChI is InChI=1S/C20H22BrN3O4/c1-3-28-20(26)23-17(12-14-7-5-4-6-8-14)19(25)24-22-13-15-9-10-18(27-2)16(21)11-15/h4-11,13,17H,3,12H2,1-2H3,(H,23,26)(H,24,25)/b22-13-/t17-/m1/s1. The van der Waals surface area contributed by atoms with Gasteiger partial charge in [-0.25, -0.2) is 10.2 Å². The normalized spacial score (nSPS) is 11.7. The van der Waals surface area contributed by atoms with Crippen LogP contribution in [0.5, 0.6) is 5.75 Å². The molecule has 0 aliphatic rings. The summed E-state index contributed by atoms with van der Waals surface area (Å²) >= 11 is 3.39. The molecule has 0 heterocycles. The molecule has 7 nitrogen and oxygen atoms in total. The average molecular weight is 448 g/mol. The highest BCUT2D eigenvalue weighted by Crippen LogP contribution is 2.24. The lowest BCUT2D eigenvalue weighted by atomic mass is 10.1. The van der Waals surface area contributed by atoms with Crippen LogP contribution in [0.4, 0.5) is 4.79 Å². The number of alkyl carbamates (subject to hydrolysis) is 1. The molecule has 0 saturated heterocycles. The predicted molar refractivity (Wildman–Crippen MR) is 111 cm³/mol. The molecule has 0 aliphatic carbocycles. The number of hydrogen-bond donors (Lipinski definition) is 2. The third-order valence-electron chi connectivity index (χ3n) is 3.73. The molecule has 2 amide bonds. The van der Waals surface area contributed by atoms with Gasteiger partial charge in [0.05, 0.1) is 24.4 Å². The Kier molecular flexibility index (Phi) is 8.48. The lowest BCUT2D eigenvalue weighted by molar-refractivity contribution is -0.123. The van der Waals surface area contributed by atoms with Crippen LogP contribution >= 0.6 is 15.9 Å². The van der Waals surface area contributed by atoms with Crippen molar-refractivity contribution in [2.45, 2.75) is 19.4 Å². The number of ether oxygens (including phenoxy) is 2. The van der Waals surface area contributed by atoms with Gasteiger partial charge in [-0.05, 0) is 52.2 Å². The Balaban J connectivity index is 2.04. The van der Waals surface area contributed by atoms with Gasteiger partial charge in [0.15, 0.2) is 0 Å². The molecule has 8 heteroatoms. The minimum atomic E-state index is -0.818. The van der Waals surface area contributed by atoms with Crippen LogP contribution in [0, 0.1) is 0 Å². The van der Waals surface area contributed by atoms with Crippen molar-refractivity contribution in [3.8, 4) is 5.75 Å². The van der Waals surface area contributed by atoms with Crippen molar-refractivity contribution >= 4 is 34.1 Å². The van der Waals surface area contributed by atoms with E-state index in [1.54, 1.807) is 26.2 Å². The lowest BCUT2D eigenvalue weighted by Gasteiger charge is -2.16. The summed E-state index contributed by atoms with van der Waals surface area (Å²) in [7, 11) is 1.58. The van der Waals surface area contributed by atoms with Crippen molar-refractivity contribution in [2.24, 2.45) is 5.10 Å². The third kappa shape index (κ3) is 6.70. The number of nitrogens with one attached hydrogen (secondary N) is 2. The fraction of sp³-hybridized carbons (Fsp3) is 0.250. The molecule has 1 atom stereocenters. The lowest BCUT2D eigenvalue weighted by Crippen LogP contribution is -2.47. The van der Waals surface area contributed by atoms with Crippen LogP contribution in [0.25, 0.3) is 0 Å². The molecule has 2 aromatic carbocycles. The first kappa shape index (κ1) is 21.4. The van der Waals surface area contributed by atoms with E-state index in [4.69, 9.17) is 9.47 Å². The van der Waals surface area contributed by atoms with Crippen molar-refractivity contribution in [1.82, 2.24) is 10.7 Å². The highest BCUT2D eigenvalue weighted by Gasteiger charge is 2.21. The zero-order chi connectivity index (χ0) is 20.4. The Morgan fingerprint density at radius 1 is 1.21 bits per heavy atom. The average Bonchev–Trinajstić information content (AvgIpc) is 2.68. The number of hydrogen-bond acceptors (Lipinski definition) is 5.